The Balaban J connectivity index is 1.66. The van der Waals surface area contributed by atoms with Crippen molar-refractivity contribution < 1.29 is 18.8 Å². The van der Waals surface area contributed by atoms with Gasteiger partial charge in [-0.25, -0.2) is 0 Å². The van der Waals surface area contributed by atoms with Gasteiger partial charge < -0.3 is 19.1 Å². The molecule has 7 nitrogen and oxygen atoms in total. The number of hydrogen-bond donors (Lipinski definition) is 0. The molecule has 3 heterocycles. The Morgan fingerprint density at radius 3 is 3.04 bits per heavy atom. The van der Waals surface area contributed by atoms with E-state index in [-0.39, 0.29) is 23.8 Å². The zero-order chi connectivity index (χ0) is 16.4. The van der Waals surface area contributed by atoms with Gasteiger partial charge in [0.2, 0.25) is 11.8 Å². The van der Waals surface area contributed by atoms with Gasteiger partial charge in [-0.05, 0) is 19.8 Å². The lowest BCUT2D eigenvalue weighted by Crippen LogP contribution is -2.37. The van der Waals surface area contributed by atoms with Crippen LogP contribution in [0.15, 0.2) is 10.6 Å². The minimum Gasteiger partial charge on any atom is -0.383 e. The maximum atomic E-state index is 12.9. The van der Waals surface area contributed by atoms with Crippen LogP contribution in [0.3, 0.4) is 0 Å². The first-order valence-corrected chi connectivity index (χ1v) is 8.10. The SMILES string of the molecule is COCCN1C[C@H](C(=O)N2CCC[C@@H]2c2cc(C)no2)CC1=O. The number of methoxy groups -OCH3 is 1. The van der Waals surface area contributed by atoms with Crippen LogP contribution >= 0.6 is 0 Å². The van der Waals surface area contributed by atoms with E-state index >= 15 is 0 Å². The minimum atomic E-state index is -0.260. The molecule has 1 aromatic heterocycles. The molecule has 1 aromatic rings. The third-order valence-corrected chi connectivity index (χ3v) is 4.64. The summed E-state index contributed by atoms with van der Waals surface area (Å²) < 4.78 is 10.4. The highest BCUT2D eigenvalue weighted by Crippen LogP contribution is 2.34. The Morgan fingerprint density at radius 1 is 1.52 bits per heavy atom. The molecule has 2 amide bonds. The predicted octanol–water partition coefficient (Wildman–Crippen LogP) is 1.14. The van der Waals surface area contributed by atoms with Gasteiger partial charge in [-0.2, -0.15) is 0 Å². The summed E-state index contributed by atoms with van der Waals surface area (Å²) in [4.78, 5) is 28.5. The first-order valence-electron chi connectivity index (χ1n) is 8.10. The maximum Gasteiger partial charge on any atom is 0.228 e. The average molecular weight is 321 g/mol. The largest absolute Gasteiger partial charge is 0.383 e. The number of aryl methyl sites for hydroxylation is 1. The molecule has 126 valence electrons. The smallest absolute Gasteiger partial charge is 0.228 e. The first-order chi connectivity index (χ1) is 11.1. The monoisotopic (exact) mass is 321 g/mol. The number of carbonyl (C=O) groups is 2. The zero-order valence-corrected chi connectivity index (χ0v) is 13.7. The van der Waals surface area contributed by atoms with Gasteiger partial charge in [0.15, 0.2) is 5.76 Å². The van der Waals surface area contributed by atoms with Crippen molar-refractivity contribution in [3.8, 4) is 0 Å². The summed E-state index contributed by atoms with van der Waals surface area (Å²) in [7, 11) is 1.61. The summed E-state index contributed by atoms with van der Waals surface area (Å²) in [6.45, 7) is 4.11. The van der Waals surface area contributed by atoms with Crippen LogP contribution in [0.2, 0.25) is 0 Å². The van der Waals surface area contributed by atoms with Gasteiger partial charge in [-0.15, -0.1) is 0 Å². The highest BCUT2D eigenvalue weighted by molar-refractivity contribution is 5.89. The molecule has 0 radical (unpaired) electrons. The molecule has 23 heavy (non-hydrogen) atoms. The fourth-order valence-corrected chi connectivity index (χ4v) is 3.46. The lowest BCUT2D eigenvalue weighted by Gasteiger charge is -2.25. The fraction of sp³-hybridized carbons (Fsp3) is 0.688. The van der Waals surface area contributed by atoms with E-state index in [2.05, 4.69) is 5.16 Å². The number of amides is 2. The van der Waals surface area contributed by atoms with E-state index in [0.29, 0.717) is 32.7 Å². The van der Waals surface area contributed by atoms with Crippen molar-refractivity contribution in [2.24, 2.45) is 5.92 Å². The van der Waals surface area contributed by atoms with Gasteiger partial charge in [0.05, 0.1) is 24.3 Å². The van der Waals surface area contributed by atoms with Gasteiger partial charge in [0, 0.05) is 39.2 Å². The average Bonchev–Trinajstić information content (AvgIpc) is 3.24. The summed E-state index contributed by atoms with van der Waals surface area (Å²) in [6.07, 6.45) is 2.12. The van der Waals surface area contributed by atoms with E-state index in [1.807, 2.05) is 17.9 Å². The van der Waals surface area contributed by atoms with Gasteiger partial charge in [-0.3, -0.25) is 9.59 Å². The minimum absolute atomic E-state index is 0.0339. The number of hydrogen-bond acceptors (Lipinski definition) is 5. The van der Waals surface area contributed by atoms with Crippen molar-refractivity contribution in [3.05, 3.63) is 17.5 Å². The highest BCUT2D eigenvalue weighted by atomic mass is 16.5. The van der Waals surface area contributed by atoms with Crippen LogP contribution in [0, 0.1) is 12.8 Å². The Morgan fingerprint density at radius 2 is 2.35 bits per heavy atom. The molecule has 2 atom stereocenters. The topological polar surface area (TPSA) is 75.9 Å². The summed E-state index contributed by atoms with van der Waals surface area (Å²) >= 11 is 0. The second kappa shape index (κ2) is 6.70. The van der Waals surface area contributed by atoms with Crippen molar-refractivity contribution in [1.29, 1.82) is 0 Å². The van der Waals surface area contributed by atoms with E-state index in [9.17, 15) is 9.59 Å². The first kappa shape index (κ1) is 16.0. The lowest BCUT2D eigenvalue weighted by atomic mass is 10.1. The van der Waals surface area contributed by atoms with Crippen LogP contribution in [-0.2, 0) is 14.3 Å². The van der Waals surface area contributed by atoms with Crippen LogP contribution in [0.25, 0.3) is 0 Å². The maximum absolute atomic E-state index is 12.9. The molecular weight excluding hydrogens is 298 g/mol. The third-order valence-electron chi connectivity index (χ3n) is 4.64. The number of likely N-dealkylation sites (tertiary alicyclic amines) is 2. The second-order valence-electron chi connectivity index (χ2n) is 6.29. The molecule has 3 rings (SSSR count). The lowest BCUT2D eigenvalue weighted by molar-refractivity contribution is -0.137. The van der Waals surface area contributed by atoms with E-state index in [0.717, 1.165) is 24.3 Å². The second-order valence-corrected chi connectivity index (χ2v) is 6.29. The Kier molecular flexibility index (Phi) is 4.66. The van der Waals surface area contributed by atoms with Crippen LogP contribution < -0.4 is 0 Å². The summed E-state index contributed by atoms with van der Waals surface area (Å²) in [6, 6.07) is 1.84. The molecule has 0 bridgehead atoms. The van der Waals surface area contributed by atoms with Crippen molar-refractivity contribution >= 4 is 11.8 Å². The van der Waals surface area contributed by atoms with Crippen molar-refractivity contribution in [2.45, 2.75) is 32.2 Å². The molecular formula is C16H23N3O4. The molecule has 0 saturated carbocycles. The summed E-state index contributed by atoms with van der Waals surface area (Å²) in [5.41, 5.74) is 0.820. The number of carbonyl (C=O) groups excluding carboxylic acids is 2. The standard InChI is InChI=1S/C16H23N3O4/c1-11-8-14(23-17-11)13-4-3-5-19(13)16(21)12-9-15(20)18(10-12)6-7-22-2/h8,12-13H,3-7,9-10H2,1-2H3/t12-,13-/m1/s1. The van der Waals surface area contributed by atoms with Crippen LogP contribution in [-0.4, -0.2) is 60.1 Å². The Hall–Kier alpha value is -1.89. The van der Waals surface area contributed by atoms with E-state index in [4.69, 9.17) is 9.26 Å². The number of ether oxygens (including phenoxy) is 1. The van der Waals surface area contributed by atoms with Crippen molar-refractivity contribution in [1.82, 2.24) is 15.0 Å². The van der Waals surface area contributed by atoms with Crippen molar-refractivity contribution in [2.75, 3.05) is 33.4 Å². The Bertz CT molecular complexity index is 586. The molecule has 2 saturated heterocycles. The van der Waals surface area contributed by atoms with Gasteiger partial charge >= 0.3 is 0 Å². The zero-order valence-electron chi connectivity index (χ0n) is 13.7. The number of nitrogens with zero attached hydrogens (tertiary/aromatic N) is 3. The normalized spacial score (nSPS) is 24.7. The number of aromatic nitrogens is 1. The summed E-state index contributed by atoms with van der Waals surface area (Å²) in [5, 5.41) is 3.92. The number of rotatable bonds is 5. The molecule has 7 heteroatoms. The molecule has 2 aliphatic heterocycles. The Labute approximate surface area is 135 Å². The highest BCUT2D eigenvalue weighted by Gasteiger charge is 2.40. The van der Waals surface area contributed by atoms with E-state index < -0.39 is 0 Å². The quantitative estimate of drug-likeness (QED) is 0.813. The van der Waals surface area contributed by atoms with Gasteiger partial charge in [0.1, 0.15) is 0 Å². The molecule has 0 spiro atoms. The summed E-state index contributed by atoms with van der Waals surface area (Å²) in [5.74, 6) is 0.569. The van der Waals surface area contributed by atoms with E-state index in [1.165, 1.54) is 0 Å². The van der Waals surface area contributed by atoms with Crippen LogP contribution in [0.1, 0.15) is 36.8 Å². The molecule has 2 fully saturated rings. The van der Waals surface area contributed by atoms with E-state index in [1.54, 1.807) is 12.0 Å². The van der Waals surface area contributed by atoms with Gasteiger partial charge in [0.25, 0.3) is 0 Å². The third kappa shape index (κ3) is 3.24. The van der Waals surface area contributed by atoms with Gasteiger partial charge in [-0.1, -0.05) is 5.16 Å². The molecule has 0 unspecified atom stereocenters. The molecule has 0 aromatic carbocycles. The fourth-order valence-electron chi connectivity index (χ4n) is 3.46. The molecule has 2 aliphatic rings. The predicted molar refractivity (Wildman–Crippen MR) is 81.5 cm³/mol. The molecule has 0 N–H and O–H groups in total. The van der Waals surface area contributed by atoms with Crippen LogP contribution in [0.4, 0.5) is 0 Å². The van der Waals surface area contributed by atoms with Crippen molar-refractivity contribution in [3.63, 3.8) is 0 Å². The molecule has 0 aliphatic carbocycles. The van der Waals surface area contributed by atoms with Crippen LogP contribution in [0.5, 0.6) is 0 Å².